The molecule has 2 aromatic carbocycles. The highest BCUT2D eigenvalue weighted by Crippen LogP contribution is 2.32. The number of nitrogens with zero attached hydrogens (tertiary/aromatic N) is 4. The largest absolute Gasteiger partial charge is 0.481 e. The van der Waals surface area contributed by atoms with E-state index < -0.39 is 5.92 Å². The van der Waals surface area contributed by atoms with Crippen LogP contribution in [-0.4, -0.2) is 26.2 Å². The molecule has 0 N–H and O–H groups in total. The van der Waals surface area contributed by atoms with Gasteiger partial charge in [0, 0.05) is 42.7 Å². The van der Waals surface area contributed by atoms with Gasteiger partial charge in [-0.05, 0) is 35.9 Å². The molecule has 0 radical (unpaired) electrons. The fourth-order valence-corrected chi connectivity index (χ4v) is 4.01. The van der Waals surface area contributed by atoms with Gasteiger partial charge in [-0.15, -0.1) is 0 Å². The van der Waals surface area contributed by atoms with Crippen molar-refractivity contribution < 1.29 is 13.5 Å². The molecular weight excluding hydrogens is 426 g/mol. The molecule has 0 spiro atoms. The number of rotatable bonds is 4. The summed E-state index contributed by atoms with van der Waals surface area (Å²) < 4.78 is 36.1. The molecule has 0 fully saturated rings. The molecule has 3 heterocycles. The average molecular weight is 446 g/mol. The highest BCUT2D eigenvalue weighted by Gasteiger charge is 2.25. The second-order valence-corrected chi connectivity index (χ2v) is 7.93. The molecule has 0 aliphatic rings. The second kappa shape index (κ2) is 7.51. The van der Waals surface area contributed by atoms with Crippen LogP contribution < -0.4 is 10.4 Å². The number of methoxy groups -OCH3 is 1. The number of hydrogen-bond donors (Lipinski definition) is 0. The number of imidazole rings is 1. The summed E-state index contributed by atoms with van der Waals surface area (Å²) in [5.74, 6) is -2.52. The molecule has 166 valence electrons. The number of ether oxygens (including phenoxy) is 1. The summed E-state index contributed by atoms with van der Waals surface area (Å²) in [6.45, 7) is 0.840. The minimum absolute atomic E-state index is 0.160. The molecule has 0 saturated heterocycles. The maximum absolute atomic E-state index is 14.0. The summed E-state index contributed by atoms with van der Waals surface area (Å²) in [4.78, 5) is 22.0. The standard InChI is InChI=1S/C25H20F2N4O2/c1-25(26,27)17-5-4-6-18(12-17)31-23-19-11-15(16-8-10-22(33-3)29-13-16)7-9-20(19)28-14-21(23)30(2)24(31)32/h4-14H,1-3H3. The van der Waals surface area contributed by atoms with Crippen LogP contribution in [0.2, 0.25) is 0 Å². The minimum Gasteiger partial charge on any atom is -0.481 e. The lowest BCUT2D eigenvalue weighted by Crippen LogP contribution is -2.21. The van der Waals surface area contributed by atoms with Crippen molar-refractivity contribution in [2.24, 2.45) is 7.05 Å². The van der Waals surface area contributed by atoms with Gasteiger partial charge in [-0.1, -0.05) is 18.2 Å². The SMILES string of the molecule is COc1ccc(-c2ccc3ncc4c(c3c2)n(-c2cccc(C(C)(F)F)c2)c(=O)n4C)cn1. The fraction of sp³-hybridized carbons (Fsp3) is 0.160. The van der Waals surface area contributed by atoms with Gasteiger partial charge in [0.1, 0.15) is 0 Å². The maximum atomic E-state index is 14.0. The molecule has 0 saturated carbocycles. The van der Waals surface area contributed by atoms with E-state index in [9.17, 15) is 13.6 Å². The number of fused-ring (bicyclic) bond motifs is 3. The minimum atomic E-state index is -3.03. The Labute approximate surface area is 187 Å². The van der Waals surface area contributed by atoms with Crippen molar-refractivity contribution in [3.05, 3.63) is 83.0 Å². The van der Waals surface area contributed by atoms with Crippen LogP contribution in [-0.2, 0) is 13.0 Å². The summed E-state index contributed by atoms with van der Waals surface area (Å²) in [6, 6.07) is 15.3. The van der Waals surface area contributed by atoms with Crippen LogP contribution in [0.3, 0.4) is 0 Å². The first-order valence-electron chi connectivity index (χ1n) is 10.3. The Balaban J connectivity index is 1.81. The Hall–Kier alpha value is -4.07. The van der Waals surface area contributed by atoms with Crippen molar-refractivity contribution in [1.82, 2.24) is 19.1 Å². The van der Waals surface area contributed by atoms with Gasteiger partial charge < -0.3 is 4.74 Å². The molecule has 0 bridgehead atoms. The van der Waals surface area contributed by atoms with Gasteiger partial charge >= 0.3 is 5.69 Å². The Morgan fingerprint density at radius 2 is 1.76 bits per heavy atom. The summed E-state index contributed by atoms with van der Waals surface area (Å²) in [5.41, 5.74) is 3.51. The van der Waals surface area contributed by atoms with E-state index in [1.54, 1.807) is 38.7 Å². The molecule has 33 heavy (non-hydrogen) atoms. The number of aryl methyl sites for hydroxylation is 1. The van der Waals surface area contributed by atoms with E-state index in [1.165, 1.54) is 27.3 Å². The molecule has 6 nitrogen and oxygen atoms in total. The molecule has 0 atom stereocenters. The normalized spacial score (nSPS) is 11.9. The lowest BCUT2D eigenvalue weighted by molar-refractivity contribution is 0.0174. The second-order valence-electron chi connectivity index (χ2n) is 7.93. The summed E-state index contributed by atoms with van der Waals surface area (Å²) in [7, 11) is 3.20. The molecule has 3 aromatic heterocycles. The third kappa shape index (κ3) is 3.44. The first kappa shape index (κ1) is 20.8. The van der Waals surface area contributed by atoms with E-state index >= 15 is 0 Å². The van der Waals surface area contributed by atoms with Gasteiger partial charge in [0.25, 0.3) is 5.92 Å². The van der Waals surface area contributed by atoms with Crippen LogP contribution in [0.5, 0.6) is 5.88 Å². The maximum Gasteiger partial charge on any atom is 0.333 e. The van der Waals surface area contributed by atoms with Crippen molar-refractivity contribution in [3.63, 3.8) is 0 Å². The zero-order valence-corrected chi connectivity index (χ0v) is 18.2. The Morgan fingerprint density at radius 3 is 2.45 bits per heavy atom. The van der Waals surface area contributed by atoms with E-state index in [0.717, 1.165) is 23.4 Å². The molecule has 0 amide bonds. The lowest BCUT2D eigenvalue weighted by Gasteiger charge is -2.13. The third-order valence-electron chi connectivity index (χ3n) is 5.77. The van der Waals surface area contributed by atoms with E-state index in [1.807, 2.05) is 24.3 Å². The van der Waals surface area contributed by atoms with Gasteiger partial charge in [0.2, 0.25) is 5.88 Å². The number of benzene rings is 2. The van der Waals surface area contributed by atoms with Crippen LogP contribution in [0, 0.1) is 0 Å². The average Bonchev–Trinajstić information content (AvgIpc) is 3.08. The monoisotopic (exact) mass is 446 g/mol. The van der Waals surface area contributed by atoms with Crippen LogP contribution in [0.15, 0.2) is 71.8 Å². The van der Waals surface area contributed by atoms with Crippen LogP contribution >= 0.6 is 0 Å². The van der Waals surface area contributed by atoms with Crippen molar-refractivity contribution in [1.29, 1.82) is 0 Å². The van der Waals surface area contributed by atoms with Crippen molar-refractivity contribution in [2.75, 3.05) is 7.11 Å². The van der Waals surface area contributed by atoms with Crippen LogP contribution in [0.25, 0.3) is 38.8 Å². The Kier molecular flexibility index (Phi) is 4.74. The zero-order valence-electron chi connectivity index (χ0n) is 18.2. The Bertz CT molecular complexity index is 1560. The highest BCUT2D eigenvalue weighted by molar-refractivity contribution is 6.04. The van der Waals surface area contributed by atoms with Gasteiger partial charge in [0.15, 0.2) is 0 Å². The number of alkyl halides is 2. The lowest BCUT2D eigenvalue weighted by atomic mass is 10.0. The zero-order chi connectivity index (χ0) is 23.3. The highest BCUT2D eigenvalue weighted by atomic mass is 19.3. The van der Waals surface area contributed by atoms with Crippen molar-refractivity contribution in [2.45, 2.75) is 12.8 Å². The van der Waals surface area contributed by atoms with Gasteiger partial charge in [-0.25, -0.2) is 18.6 Å². The van der Waals surface area contributed by atoms with Crippen molar-refractivity contribution in [3.8, 4) is 22.7 Å². The summed E-state index contributed by atoms with van der Waals surface area (Å²) in [5, 5.41) is 0.729. The number of pyridine rings is 2. The number of hydrogen-bond acceptors (Lipinski definition) is 4. The molecule has 0 aliphatic heterocycles. The quantitative estimate of drug-likeness (QED) is 0.387. The predicted molar refractivity (Wildman–Crippen MR) is 123 cm³/mol. The van der Waals surface area contributed by atoms with E-state index in [0.29, 0.717) is 28.1 Å². The first-order chi connectivity index (χ1) is 15.8. The number of halogens is 2. The predicted octanol–water partition coefficient (Wildman–Crippen LogP) is 5.06. The summed E-state index contributed by atoms with van der Waals surface area (Å²) in [6.07, 6.45) is 3.33. The van der Waals surface area contributed by atoms with Crippen LogP contribution in [0.4, 0.5) is 8.78 Å². The molecule has 5 aromatic rings. The fourth-order valence-electron chi connectivity index (χ4n) is 4.01. The Morgan fingerprint density at radius 1 is 0.970 bits per heavy atom. The van der Waals surface area contributed by atoms with Gasteiger partial charge in [-0.2, -0.15) is 0 Å². The molecule has 8 heteroatoms. The third-order valence-corrected chi connectivity index (χ3v) is 5.77. The van der Waals surface area contributed by atoms with E-state index in [4.69, 9.17) is 4.74 Å². The first-order valence-corrected chi connectivity index (χ1v) is 10.3. The van der Waals surface area contributed by atoms with E-state index in [-0.39, 0.29) is 11.3 Å². The summed E-state index contributed by atoms with van der Waals surface area (Å²) >= 11 is 0. The number of aromatic nitrogens is 4. The molecule has 0 unspecified atom stereocenters. The molecule has 0 aliphatic carbocycles. The van der Waals surface area contributed by atoms with E-state index in [2.05, 4.69) is 9.97 Å². The molecular formula is C25H20F2N4O2. The van der Waals surface area contributed by atoms with Crippen molar-refractivity contribution >= 4 is 21.9 Å². The smallest absolute Gasteiger partial charge is 0.333 e. The van der Waals surface area contributed by atoms with Gasteiger partial charge in [0.05, 0.1) is 35.5 Å². The molecule has 5 rings (SSSR count). The van der Waals surface area contributed by atoms with Crippen LogP contribution in [0.1, 0.15) is 12.5 Å². The topological polar surface area (TPSA) is 61.9 Å². The van der Waals surface area contributed by atoms with Gasteiger partial charge in [-0.3, -0.25) is 14.1 Å².